The molecule has 1 aliphatic rings. The largest absolute Gasteiger partial charge is 0.460 e. The van der Waals surface area contributed by atoms with Gasteiger partial charge in [-0.05, 0) is 74.4 Å². The second kappa shape index (κ2) is 13.7. The monoisotopic (exact) mass is 651 g/mol. The molecule has 0 bridgehead atoms. The Bertz CT molecular complexity index is 1980. The molecular weight excluding hydrogens is 614 g/mol. The molecule has 1 aromatic heterocycles. The molecule has 5 aromatic rings. The third-order valence-electron chi connectivity index (χ3n) is 8.36. The maximum Gasteiger partial charge on any atom is 0.374 e. The van der Waals surface area contributed by atoms with Crippen molar-refractivity contribution in [3.8, 4) is 0 Å². The van der Waals surface area contributed by atoms with Gasteiger partial charge in [0.05, 0.1) is 22.9 Å². The molecule has 242 valence electrons. The highest BCUT2D eigenvalue weighted by Crippen LogP contribution is 2.35. The number of piperazine rings is 1. The van der Waals surface area contributed by atoms with E-state index >= 15 is 0 Å². The van der Waals surface area contributed by atoms with E-state index in [2.05, 4.69) is 4.90 Å². The van der Waals surface area contributed by atoms with Crippen LogP contribution in [-0.4, -0.2) is 64.5 Å². The third kappa shape index (κ3) is 6.88. The molecule has 0 spiro atoms. The minimum Gasteiger partial charge on any atom is -0.460 e. The van der Waals surface area contributed by atoms with Crippen molar-refractivity contribution in [3.05, 3.63) is 126 Å². The average Bonchev–Trinajstić information content (AvgIpc) is 3.53. The Morgan fingerprint density at radius 3 is 2.28 bits per heavy atom. The number of rotatable bonds is 10. The third-order valence-corrected chi connectivity index (χ3v) is 10.2. The molecule has 0 radical (unpaired) electrons. The molecule has 1 fully saturated rings. The molecule has 47 heavy (non-hydrogen) atoms. The minimum atomic E-state index is -4.08. The summed E-state index contributed by atoms with van der Waals surface area (Å²) in [5.74, 6) is -0.597. The number of carbonyl (C=O) groups is 2. The standard InChI is InChI=1S/C37H37N3O6S/c1-3-45-37(42)35-26-30-25-31(17-18-34(30)46-35)47(43,44)40(20-19-28-9-5-4-6-10-28)33-12-8-7-11-32(33)38-21-23-39(24-22-38)36(41)29-15-13-27(2)14-16-29/h4-18,25-26H,3,19-24H2,1-2H3. The number of nitrogens with zero attached hydrogens (tertiary/aromatic N) is 3. The summed E-state index contributed by atoms with van der Waals surface area (Å²) >= 11 is 0. The number of ether oxygens (including phenoxy) is 1. The lowest BCUT2D eigenvalue weighted by Gasteiger charge is -2.38. The van der Waals surface area contributed by atoms with Gasteiger partial charge in [0.2, 0.25) is 5.76 Å². The maximum absolute atomic E-state index is 14.5. The summed E-state index contributed by atoms with van der Waals surface area (Å²) in [4.78, 5) is 29.5. The Labute approximate surface area is 275 Å². The number of hydrogen-bond acceptors (Lipinski definition) is 7. The zero-order valence-corrected chi connectivity index (χ0v) is 27.3. The molecular formula is C37H37N3O6S. The van der Waals surface area contributed by atoms with E-state index in [1.54, 1.807) is 13.0 Å². The van der Waals surface area contributed by atoms with E-state index < -0.39 is 16.0 Å². The lowest BCUT2D eigenvalue weighted by molar-refractivity contribution is 0.0492. The number of carbonyl (C=O) groups excluding carboxylic acids is 2. The van der Waals surface area contributed by atoms with Crippen LogP contribution >= 0.6 is 0 Å². The topological polar surface area (TPSA) is 100 Å². The van der Waals surface area contributed by atoms with Gasteiger partial charge in [-0.1, -0.05) is 60.2 Å². The zero-order chi connectivity index (χ0) is 33.0. The van der Waals surface area contributed by atoms with Gasteiger partial charge in [-0.3, -0.25) is 9.10 Å². The molecule has 0 unspecified atom stereocenters. The van der Waals surface area contributed by atoms with Gasteiger partial charge in [0.1, 0.15) is 5.58 Å². The predicted molar refractivity (Wildman–Crippen MR) is 183 cm³/mol. The van der Waals surface area contributed by atoms with Crippen LogP contribution < -0.4 is 9.21 Å². The van der Waals surface area contributed by atoms with Crippen molar-refractivity contribution in [1.29, 1.82) is 0 Å². The van der Waals surface area contributed by atoms with Crippen molar-refractivity contribution in [2.24, 2.45) is 0 Å². The molecule has 6 rings (SSSR count). The van der Waals surface area contributed by atoms with E-state index in [4.69, 9.17) is 9.15 Å². The molecule has 1 saturated heterocycles. The predicted octanol–water partition coefficient (Wildman–Crippen LogP) is 6.32. The maximum atomic E-state index is 14.5. The average molecular weight is 652 g/mol. The molecule has 10 heteroatoms. The minimum absolute atomic E-state index is 0.00856. The number of hydrogen-bond donors (Lipinski definition) is 0. The zero-order valence-electron chi connectivity index (χ0n) is 26.5. The molecule has 0 N–H and O–H groups in total. The first-order valence-corrected chi connectivity index (χ1v) is 17.2. The Morgan fingerprint density at radius 1 is 0.851 bits per heavy atom. The van der Waals surface area contributed by atoms with Crippen LogP contribution in [0.5, 0.6) is 0 Å². The Hall–Kier alpha value is -5.09. The van der Waals surface area contributed by atoms with Gasteiger partial charge >= 0.3 is 5.97 Å². The van der Waals surface area contributed by atoms with Gasteiger partial charge in [-0.2, -0.15) is 0 Å². The van der Waals surface area contributed by atoms with Crippen molar-refractivity contribution < 1.29 is 27.2 Å². The van der Waals surface area contributed by atoms with Crippen molar-refractivity contribution >= 4 is 44.2 Å². The van der Waals surface area contributed by atoms with Crippen LogP contribution in [0.15, 0.2) is 112 Å². The summed E-state index contributed by atoms with van der Waals surface area (Å²) in [6.07, 6.45) is 0.494. The summed E-state index contributed by atoms with van der Waals surface area (Å²) in [5.41, 5.74) is 4.49. The first-order valence-electron chi connectivity index (χ1n) is 15.7. The second-order valence-electron chi connectivity index (χ2n) is 11.5. The quantitative estimate of drug-likeness (QED) is 0.163. The number of sulfonamides is 1. The summed E-state index contributed by atoms with van der Waals surface area (Å²) in [7, 11) is -4.08. The number of benzene rings is 4. The van der Waals surface area contributed by atoms with E-state index in [-0.39, 0.29) is 29.7 Å². The summed E-state index contributed by atoms with van der Waals surface area (Å²) in [6, 6.07) is 31.0. The SMILES string of the molecule is CCOC(=O)c1cc2cc(S(=O)(=O)N(CCc3ccccc3)c3ccccc3N3CCN(C(=O)c4ccc(C)cc4)CC3)ccc2o1. The smallest absolute Gasteiger partial charge is 0.374 e. The van der Waals surface area contributed by atoms with Crippen molar-refractivity contribution in [1.82, 2.24) is 4.90 Å². The molecule has 1 aliphatic heterocycles. The van der Waals surface area contributed by atoms with Crippen LogP contribution in [0.3, 0.4) is 0 Å². The van der Waals surface area contributed by atoms with Gasteiger partial charge in [-0.25, -0.2) is 13.2 Å². The molecule has 2 heterocycles. The molecule has 4 aromatic carbocycles. The summed E-state index contributed by atoms with van der Waals surface area (Å²) in [6.45, 7) is 6.23. The highest BCUT2D eigenvalue weighted by atomic mass is 32.2. The first-order chi connectivity index (χ1) is 22.7. The number of esters is 1. The van der Waals surface area contributed by atoms with Crippen molar-refractivity contribution in [2.45, 2.75) is 25.2 Å². The van der Waals surface area contributed by atoms with Crippen LogP contribution in [0, 0.1) is 6.92 Å². The van der Waals surface area contributed by atoms with Gasteiger partial charge in [-0.15, -0.1) is 0 Å². The van der Waals surface area contributed by atoms with E-state index in [1.165, 1.54) is 22.5 Å². The first kappa shape index (κ1) is 31.9. The highest BCUT2D eigenvalue weighted by Gasteiger charge is 2.30. The fraction of sp³-hybridized carbons (Fsp3) is 0.243. The number of para-hydroxylation sites is 2. The fourth-order valence-electron chi connectivity index (χ4n) is 5.83. The van der Waals surface area contributed by atoms with Crippen molar-refractivity contribution in [2.75, 3.05) is 48.5 Å². The highest BCUT2D eigenvalue weighted by molar-refractivity contribution is 7.92. The van der Waals surface area contributed by atoms with E-state index in [9.17, 15) is 18.0 Å². The molecule has 0 saturated carbocycles. The van der Waals surface area contributed by atoms with E-state index in [0.29, 0.717) is 54.8 Å². The van der Waals surface area contributed by atoms with E-state index in [0.717, 1.165) is 16.8 Å². The van der Waals surface area contributed by atoms with Crippen molar-refractivity contribution in [3.63, 3.8) is 0 Å². The lowest BCUT2D eigenvalue weighted by atomic mass is 10.1. The van der Waals surface area contributed by atoms with Gasteiger partial charge in [0, 0.05) is 43.7 Å². The number of aryl methyl sites for hydroxylation is 1. The second-order valence-corrected chi connectivity index (χ2v) is 13.3. The lowest BCUT2D eigenvalue weighted by Crippen LogP contribution is -2.49. The van der Waals surface area contributed by atoms with E-state index in [1.807, 2.05) is 90.7 Å². The molecule has 9 nitrogen and oxygen atoms in total. The summed E-state index contributed by atoms with van der Waals surface area (Å²) in [5, 5.41) is 0.486. The molecule has 0 aliphatic carbocycles. The van der Waals surface area contributed by atoms with Gasteiger partial charge < -0.3 is 19.0 Å². The molecule has 1 amide bonds. The number of fused-ring (bicyclic) bond motifs is 1. The van der Waals surface area contributed by atoms with Crippen LogP contribution in [0.4, 0.5) is 11.4 Å². The number of amides is 1. The number of anilines is 2. The Kier molecular flexibility index (Phi) is 9.31. The number of furan rings is 1. The molecule has 0 atom stereocenters. The normalized spacial score (nSPS) is 13.5. The van der Waals surface area contributed by atoms with Crippen LogP contribution in [0.2, 0.25) is 0 Å². The Balaban J connectivity index is 1.31. The van der Waals surface area contributed by atoms with Gasteiger partial charge in [0.25, 0.3) is 15.9 Å². The summed E-state index contributed by atoms with van der Waals surface area (Å²) < 4.78 is 41.2. The van der Waals surface area contributed by atoms with Crippen LogP contribution in [-0.2, 0) is 21.2 Å². The van der Waals surface area contributed by atoms with Crippen LogP contribution in [0.25, 0.3) is 11.0 Å². The fourth-order valence-corrected chi connectivity index (χ4v) is 7.34. The van der Waals surface area contributed by atoms with Gasteiger partial charge in [0.15, 0.2) is 0 Å². The van der Waals surface area contributed by atoms with Crippen LogP contribution in [0.1, 0.15) is 39.0 Å². The Morgan fingerprint density at radius 2 is 1.55 bits per heavy atom.